The largest absolute Gasteiger partial charge is 0.387 e. The van der Waals surface area contributed by atoms with Crippen LogP contribution in [0, 0.1) is 0 Å². The van der Waals surface area contributed by atoms with Gasteiger partial charge in [-0.3, -0.25) is 0 Å². The van der Waals surface area contributed by atoms with Gasteiger partial charge in [-0.15, -0.1) is 0 Å². The second kappa shape index (κ2) is 10.8. The summed E-state index contributed by atoms with van der Waals surface area (Å²) in [6.07, 6.45) is 7.48. The van der Waals surface area contributed by atoms with Crippen LogP contribution in [0.3, 0.4) is 0 Å². The van der Waals surface area contributed by atoms with Gasteiger partial charge in [-0.1, -0.05) is 77.1 Å². The van der Waals surface area contributed by atoms with Crippen molar-refractivity contribution in [2.45, 2.75) is 71.3 Å². The maximum atomic E-state index is 10.2. The highest BCUT2D eigenvalue weighted by molar-refractivity contribution is 5.26. The van der Waals surface area contributed by atoms with Gasteiger partial charge >= 0.3 is 0 Å². The first kappa shape index (κ1) is 18.2. The summed E-state index contributed by atoms with van der Waals surface area (Å²) in [7, 11) is 0. The van der Waals surface area contributed by atoms with Gasteiger partial charge in [-0.25, -0.2) is 0 Å². The third-order valence-corrected chi connectivity index (χ3v) is 4.03. The number of hydrogen-bond donors (Lipinski definition) is 2. The summed E-state index contributed by atoms with van der Waals surface area (Å²) in [6, 6.07) is 8.34. The van der Waals surface area contributed by atoms with Crippen LogP contribution in [0.25, 0.3) is 0 Å². The Balaban J connectivity index is 2.14. The fourth-order valence-corrected chi connectivity index (χ4v) is 2.49. The van der Waals surface area contributed by atoms with Crippen LogP contribution in [0.5, 0.6) is 0 Å². The Hall–Kier alpha value is -0.860. The summed E-state index contributed by atoms with van der Waals surface area (Å²) < 4.78 is 0. The van der Waals surface area contributed by atoms with Gasteiger partial charge in [-0.05, 0) is 30.0 Å². The molecule has 1 rings (SSSR count). The molecule has 0 aliphatic heterocycles. The molecule has 0 saturated carbocycles. The fourth-order valence-electron chi connectivity index (χ4n) is 2.49. The number of hydrogen-bond acceptors (Lipinski definition) is 2. The molecule has 0 heterocycles. The number of benzene rings is 1. The zero-order valence-corrected chi connectivity index (χ0v) is 14.1. The number of unbranched alkanes of at least 4 members (excludes halogenated alkanes) is 5. The summed E-state index contributed by atoms with van der Waals surface area (Å²) in [4.78, 5) is 0. The highest BCUT2D eigenvalue weighted by atomic mass is 16.3. The zero-order chi connectivity index (χ0) is 15.5. The second-order valence-electron chi connectivity index (χ2n) is 6.31. The van der Waals surface area contributed by atoms with Crippen LogP contribution in [0.4, 0.5) is 0 Å². The third-order valence-electron chi connectivity index (χ3n) is 4.03. The minimum absolute atomic E-state index is 0.397. The lowest BCUT2D eigenvalue weighted by atomic mass is 10.00. The van der Waals surface area contributed by atoms with E-state index >= 15 is 0 Å². The first-order valence-electron chi connectivity index (χ1n) is 8.63. The van der Waals surface area contributed by atoms with Crippen LogP contribution in [0.15, 0.2) is 24.3 Å². The van der Waals surface area contributed by atoms with Crippen LogP contribution in [-0.4, -0.2) is 18.2 Å². The van der Waals surface area contributed by atoms with Gasteiger partial charge in [0.15, 0.2) is 0 Å². The monoisotopic (exact) mass is 291 g/mol. The molecule has 120 valence electrons. The van der Waals surface area contributed by atoms with Crippen molar-refractivity contribution in [3.8, 4) is 0 Å². The summed E-state index contributed by atoms with van der Waals surface area (Å²) in [5.41, 5.74) is 2.33. The first-order valence-corrected chi connectivity index (χ1v) is 8.63. The van der Waals surface area contributed by atoms with E-state index in [4.69, 9.17) is 0 Å². The molecule has 0 spiro atoms. The Morgan fingerprint density at radius 2 is 1.48 bits per heavy atom. The minimum atomic E-state index is -0.397. The van der Waals surface area contributed by atoms with E-state index in [1.54, 1.807) is 0 Å². The van der Waals surface area contributed by atoms with E-state index in [9.17, 15) is 5.11 Å². The van der Waals surface area contributed by atoms with Crippen molar-refractivity contribution in [3.05, 3.63) is 35.4 Å². The van der Waals surface area contributed by atoms with E-state index in [2.05, 4.69) is 38.2 Å². The molecule has 2 nitrogen and oxygen atoms in total. The molecular weight excluding hydrogens is 258 g/mol. The average molecular weight is 291 g/mol. The van der Waals surface area contributed by atoms with Gasteiger partial charge < -0.3 is 10.4 Å². The smallest absolute Gasteiger partial charge is 0.0914 e. The van der Waals surface area contributed by atoms with Crippen molar-refractivity contribution in [2.75, 3.05) is 13.1 Å². The lowest BCUT2D eigenvalue weighted by Crippen LogP contribution is -2.22. The number of nitrogens with one attached hydrogen (secondary N) is 1. The van der Waals surface area contributed by atoms with Gasteiger partial charge in [-0.2, -0.15) is 0 Å². The molecule has 21 heavy (non-hydrogen) atoms. The summed E-state index contributed by atoms with van der Waals surface area (Å²) >= 11 is 0. The van der Waals surface area contributed by atoms with Crippen molar-refractivity contribution >= 4 is 0 Å². The molecule has 1 atom stereocenters. The molecule has 0 aliphatic carbocycles. The van der Waals surface area contributed by atoms with E-state index in [1.165, 1.54) is 44.1 Å². The number of aliphatic hydroxyl groups excluding tert-OH is 1. The van der Waals surface area contributed by atoms with E-state index < -0.39 is 6.10 Å². The molecule has 1 unspecified atom stereocenters. The average Bonchev–Trinajstić information content (AvgIpc) is 2.49. The molecular formula is C19H33NO. The Bertz CT molecular complexity index is 358. The zero-order valence-electron chi connectivity index (χ0n) is 14.1. The Morgan fingerprint density at radius 1 is 0.905 bits per heavy atom. The minimum Gasteiger partial charge on any atom is -0.387 e. The molecule has 1 aromatic rings. The lowest BCUT2D eigenvalue weighted by Gasteiger charge is -2.13. The standard InChI is InChI=1S/C19H33NO/c1-4-5-6-7-8-9-14-20-15-19(21)18-12-10-17(11-13-18)16(2)3/h10-13,16,19-21H,4-9,14-15H2,1-3H3. The van der Waals surface area contributed by atoms with Crippen LogP contribution < -0.4 is 5.32 Å². The highest BCUT2D eigenvalue weighted by Crippen LogP contribution is 2.18. The number of aliphatic hydroxyl groups is 1. The molecule has 0 amide bonds. The van der Waals surface area contributed by atoms with Gasteiger partial charge in [0.2, 0.25) is 0 Å². The van der Waals surface area contributed by atoms with E-state index in [-0.39, 0.29) is 0 Å². The molecule has 0 aromatic heterocycles. The summed E-state index contributed by atoms with van der Waals surface area (Å²) in [5.74, 6) is 0.544. The quantitative estimate of drug-likeness (QED) is 0.574. The lowest BCUT2D eigenvalue weighted by molar-refractivity contribution is 0.174. The normalized spacial score (nSPS) is 12.8. The number of rotatable bonds is 11. The molecule has 2 N–H and O–H groups in total. The van der Waals surface area contributed by atoms with Gasteiger partial charge in [0, 0.05) is 6.54 Å². The third kappa shape index (κ3) is 7.63. The Labute approximate surface area is 131 Å². The van der Waals surface area contributed by atoms with E-state index in [0.29, 0.717) is 12.5 Å². The molecule has 2 heteroatoms. The topological polar surface area (TPSA) is 32.3 Å². The Kier molecular flexibility index (Phi) is 9.36. The van der Waals surface area contributed by atoms with E-state index in [0.717, 1.165) is 12.1 Å². The maximum absolute atomic E-state index is 10.2. The van der Waals surface area contributed by atoms with Crippen LogP contribution >= 0.6 is 0 Å². The molecule has 0 radical (unpaired) electrons. The predicted octanol–water partition coefficient (Wildman–Crippen LogP) is 4.79. The predicted molar refractivity (Wildman–Crippen MR) is 91.7 cm³/mol. The van der Waals surface area contributed by atoms with Gasteiger partial charge in [0.25, 0.3) is 0 Å². The molecule has 0 bridgehead atoms. The molecule has 0 aliphatic rings. The van der Waals surface area contributed by atoms with Crippen LogP contribution in [-0.2, 0) is 0 Å². The van der Waals surface area contributed by atoms with Crippen molar-refractivity contribution < 1.29 is 5.11 Å². The fraction of sp³-hybridized carbons (Fsp3) is 0.684. The van der Waals surface area contributed by atoms with Crippen LogP contribution in [0.2, 0.25) is 0 Å². The summed E-state index contributed by atoms with van der Waals surface area (Å²) in [5, 5.41) is 13.5. The van der Waals surface area contributed by atoms with Crippen molar-refractivity contribution in [1.82, 2.24) is 5.32 Å². The van der Waals surface area contributed by atoms with Crippen molar-refractivity contribution in [2.24, 2.45) is 0 Å². The second-order valence-corrected chi connectivity index (χ2v) is 6.31. The van der Waals surface area contributed by atoms with E-state index in [1.807, 2.05) is 12.1 Å². The van der Waals surface area contributed by atoms with Crippen molar-refractivity contribution in [3.63, 3.8) is 0 Å². The van der Waals surface area contributed by atoms with Crippen molar-refractivity contribution in [1.29, 1.82) is 0 Å². The molecule has 0 saturated heterocycles. The molecule has 0 fully saturated rings. The SMILES string of the molecule is CCCCCCCCNCC(O)c1ccc(C(C)C)cc1. The first-order chi connectivity index (χ1) is 10.1. The van der Waals surface area contributed by atoms with Gasteiger partial charge in [0.1, 0.15) is 0 Å². The highest BCUT2D eigenvalue weighted by Gasteiger charge is 2.07. The maximum Gasteiger partial charge on any atom is 0.0914 e. The Morgan fingerprint density at radius 3 is 2.10 bits per heavy atom. The molecule has 1 aromatic carbocycles. The van der Waals surface area contributed by atoms with Crippen LogP contribution in [0.1, 0.15) is 82.4 Å². The summed E-state index contributed by atoms with van der Waals surface area (Å²) in [6.45, 7) is 8.28. The van der Waals surface area contributed by atoms with Gasteiger partial charge in [0.05, 0.1) is 6.10 Å².